The summed E-state index contributed by atoms with van der Waals surface area (Å²) in [6, 6.07) is 3.98. The zero-order valence-electron chi connectivity index (χ0n) is 14.5. The fourth-order valence-electron chi connectivity index (χ4n) is 3.03. The summed E-state index contributed by atoms with van der Waals surface area (Å²) < 4.78 is 16.7. The smallest absolute Gasteiger partial charge is 0.252 e. The lowest BCUT2D eigenvalue weighted by molar-refractivity contribution is -0.146. The van der Waals surface area contributed by atoms with Crippen LogP contribution in [0.25, 0.3) is 0 Å². The Morgan fingerprint density at radius 1 is 1.35 bits per heavy atom. The van der Waals surface area contributed by atoms with Crippen molar-refractivity contribution in [2.24, 2.45) is 0 Å². The summed E-state index contributed by atoms with van der Waals surface area (Å²) in [5.74, 6) is 1.82. The van der Waals surface area contributed by atoms with Gasteiger partial charge in [-0.05, 0) is 45.7 Å². The van der Waals surface area contributed by atoms with Gasteiger partial charge in [-0.1, -0.05) is 12.8 Å². The number of nitrogens with zero attached hydrogens (tertiary/aromatic N) is 1. The highest BCUT2D eigenvalue weighted by Gasteiger charge is 2.31. The summed E-state index contributed by atoms with van der Waals surface area (Å²) >= 11 is 0. The fourth-order valence-corrected chi connectivity index (χ4v) is 3.03. The molecule has 1 fully saturated rings. The molecule has 0 N–H and O–H groups in total. The first-order valence-electron chi connectivity index (χ1n) is 8.69. The van der Waals surface area contributed by atoms with Crippen LogP contribution >= 0.6 is 0 Å². The average Bonchev–Trinajstić information content (AvgIpc) is 2.83. The molecular weight excluding hydrogens is 294 g/mol. The van der Waals surface area contributed by atoms with Crippen molar-refractivity contribution in [3.05, 3.63) is 23.7 Å². The van der Waals surface area contributed by atoms with Gasteiger partial charge >= 0.3 is 0 Å². The van der Waals surface area contributed by atoms with Crippen LogP contribution in [0.5, 0.6) is 0 Å². The number of hydrogen-bond acceptors (Lipinski definition) is 4. The van der Waals surface area contributed by atoms with Gasteiger partial charge in [0, 0.05) is 13.2 Å². The third-order valence-corrected chi connectivity index (χ3v) is 4.27. The molecule has 1 aliphatic rings. The maximum atomic E-state index is 12.8. The van der Waals surface area contributed by atoms with E-state index in [0.29, 0.717) is 19.8 Å². The molecule has 2 heterocycles. The van der Waals surface area contributed by atoms with Gasteiger partial charge in [-0.25, -0.2) is 0 Å². The third-order valence-electron chi connectivity index (χ3n) is 4.27. The van der Waals surface area contributed by atoms with Crippen LogP contribution in [0.4, 0.5) is 0 Å². The van der Waals surface area contributed by atoms with Gasteiger partial charge in [0.25, 0.3) is 5.91 Å². The predicted octanol–water partition coefficient (Wildman–Crippen LogP) is 3.47. The van der Waals surface area contributed by atoms with Gasteiger partial charge < -0.3 is 18.8 Å². The van der Waals surface area contributed by atoms with Gasteiger partial charge in [0.1, 0.15) is 17.6 Å². The van der Waals surface area contributed by atoms with E-state index in [0.717, 1.165) is 43.7 Å². The lowest BCUT2D eigenvalue weighted by atomic mass is 10.1. The number of amides is 1. The summed E-state index contributed by atoms with van der Waals surface area (Å²) in [7, 11) is 0. The SMILES string of the molecule is CCOCCOC(C)C(=O)N1CCCCCC1c1ccc(C)o1. The van der Waals surface area contributed by atoms with Crippen LogP contribution < -0.4 is 0 Å². The first-order valence-corrected chi connectivity index (χ1v) is 8.69. The minimum atomic E-state index is -0.452. The van der Waals surface area contributed by atoms with Crippen molar-refractivity contribution < 1.29 is 18.7 Å². The van der Waals surface area contributed by atoms with Crippen molar-refractivity contribution in [2.45, 2.75) is 58.6 Å². The largest absolute Gasteiger partial charge is 0.464 e. The Labute approximate surface area is 138 Å². The Morgan fingerprint density at radius 2 is 2.17 bits per heavy atom. The van der Waals surface area contributed by atoms with Crippen LogP contribution in [-0.2, 0) is 14.3 Å². The number of ether oxygens (including phenoxy) is 2. The molecule has 0 aliphatic carbocycles. The Balaban J connectivity index is 2.01. The zero-order valence-corrected chi connectivity index (χ0v) is 14.5. The summed E-state index contributed by atoms with van der Waals surface area (Å²) in [5.41, 5.74) is 0. The quantitative estimate of drug-likeness (QED) is 0.721. The molecule has 5 heteroatoms. The summed E-state index contributed by atoms with van der Waals surface area (Å²) in [6.45, 7) is 8.10. The van der Waals surface area contributed by atoms with Crippen LogP contribution in [0, 0.1) is 6.92 Å². The third kappa shape index (κ3) is 5.08. The maximum Gasteiger partial charge on any atom is 0.252 e. The lowest BCUT2D eigenvalue weighted by Gasteiger charge is -2.31. The van der Waals surface area contributed by atoms with E-state index in [1.807, 2.05) is 37.8 Å². The van der Waals surface area contributed by atoms with Gasteiger partial charge in [-0.3, -0.25) is 4.79 Å². The molecule has 0 spiro atoms. The predicted molar refractivity (Wildman–Crippen MR) is 88.3 cm³/mol. The van der Waals surface area contributed by atoms with Gasteiger partial charge in [0.15, 0.2) is 0 Å². The lowest BCUT2D eigenvalue weighted by Crippen LogP contribution is -2.41. The van der Waals surface area contributed by atoms with Crippen molar-refractivity contribution >= 4 is 5.91 Å². The van der Waals surface area contributed by atoms with Crippen molar-refractivity contribution in [1.82, 2.24) is 4.90 Å². The molecule has 0 bridgehead atoms. The van der Waals surface area contributed by atoms with E-state index in [1.54, 1.807) is 0 Å². The molecule has 1 amide bonds. The molecular formula is C18H29NO4. The minimum Gasteiger partial charge on any atom is -0.464 e. The normalized spacial score (nSPS) is 20.3. The van der Waals surface area contributed by atoms with Gasteiger partial charge in [-0.2, -0.15) is 0 Å². The van der Waals surface area contributed by atoms with E-state index in [-0.39, 0.29) is 11.9 Å². The Kier molecular flexibility index (Phi) is 7.12. The first kappa shape index (κ1) is 18.0. The zero-order chi connectivity index (χ0) is 16.7. The van der Waals surface area contributed by atoms with E-state index in [2.05, 4.69) is 0 Å². The molecule has 1 aromatic rings. The van der Waals surface area contributed by atoms with Crippen LogP contribution in [-0.4, -0.2) is 43.3 Å². The number of rotatable bonds is 7. The Hall–Kier alpha value is -1.33. The van der Waals surface area contributed by atoms with Crippen LogP contribution in [0.1, 0.15) is 57.1 Å². The van der Waals surface area contributed by atoms with Gasteiger partial charge in [0.05, 0.1) is 19.3 Å². The highest BCUT2D eigenvalue weighted by molar-refractivity contribution is 5.81. The molecule has 2 atom stereocenters. The number of aryl methyl sites for hydroxylation is 1. The number of carbonyl (C=O) groups is 1. The van der Waals surface area contributed by atoms with Gasteiger partial charge in [-0.15, -0.1) is 0 Å². The van der Waals surface area contributed by atoms with Crippen LogP contribution in [0.2, 0.25) is 0 Å². The number of likely N-dealkylation sites (tertiary alicyclic amines) is 1. The number of carbonyl (C=O) groups excluding carboxylic acids is 1. The molecule has 130 valence electrons. The van der Waals surface area contributed by atoms with E-state index < -0.39 is 6.10 Å². The second-order valence-corrected chi connectivity index (χ2v) is 6.06. The standard InChI is InChI=1S/C18H29NO4/c1-4-21-12-13-22-15(3)18(20)19-11-7-5-6-8-16(19)17-10-9-14(2)23-17/h9-10,15-16H,4-8,11-13H2,1-3H3. The van der Waals surface area contributed by atoms with Crippen molar-refractivity contribution in [1.29, 1.82) is 0 Å². The topological polar surface area (TPSA) is 51.9 Å². The van der Waals surface area contributed by atoms with Crippen molar-refractivity contribution in [3.63, 3.8) is 0 Å². The molecule has 5 nitrogen and oxygen atoms in total. The molecule has 1 aliphatic heterocycles. The van der Waals surface area contributed by atoms with E-state index in [9.17, 15) is 4.79 Å². The van der Waals surface area contributed by atoms with Crippen molar-refractivity contribution in [2.75, 3.05) is 26.4 Å². The number of hydrogen-bond donors (Lipinski definition) is 0. The molecule has 0 aromatic carbocycles. The molecule has 1 aromatic heterocycles. The Morgan fingerprint density at radius 3 is 2.87 bits per heavy atom. The first-order chi connectivity index (χ1) is 11.1. The monoisotopic (exact) mass is 323 g/mol. The minimum absolute atomic E-state index is 0.0247. The molecule has 2 unspecified atom stereocenters. The van der Waals surface area contributed by atoms with Crippen molar-refractivity contribution in [3.8, 4) is 0 Å². The van der Waals surface area contributed by atoms with E-state index in [4.69, 9.17) is 13.9 Å². The highest BCUT2D eigenvalue weighted by Crippen LogP contribution is 2.31. The highest BCUT2D eigenvalue weighted by atomic mass is 16.5. The molecule has 23 heavy (non-hydrogen) atoms. The summed E-state index contributed by atoms with van der Waals surface area (Å²) in [5, 5.41) is 0. The fraction of sp³-hybridized carbons (Fsp3) is 0.722. The average molecular weight is 323 g/mol. The number of furan rings is 1. The second-order valence-electron chi connectivity index (χ2n) is 6.06. The molecule has 0 saturated carbocycles. The van der Waals surface area contributed by atoms with Crippen LogP contribution in [0.15, 0.2) is 16.5 Å². The summed E-state index contributed by atoms with van der Waals surface area (Å²) in [6.07, 6.45) is 3.80. The summed E-state index contributed by atoms with van der Waals surface area (Å²) in [4.78, 5) is 14.8. The molecule has 2 rings (SSSR count). The second kappa shape index (κ2) is 9.08. The van der Waals surface area contributed by atoms with E-state index >= 15 is 0 Å². The molecule has 1 saturated heterocycles. The van der Waals surface area contributed by atoms with Crippen LogP contribution in [0.3, 0.4) is 0 Å². The Bertz CT molecular complexity index is 485. The van der Waals surface area contributed by atoms with E-state index in [1.165, 1.54) is 0 Å². The maximum absolute atomic E-state index is 12.8. The van der Waals surface area contributed by atoms with Gasteiger partial charge in [0.2, 0.25) is 0 Å². The molecule has 0 radical (unpaired) electrons.